The lowest BCUT2D eigenvalue weighted by molar-refractivity contribution is 0.000369. The van der Waals surface area contributed by atoms with Crippen LogP contribution in [0.15, 0.2) is 0 Å². The molecular weight excluding hydrogens is 212 g/mol. The van der Waals surface area contributed by atoms with Crippen molar-refractivity contribution in [2.45, 2.75) is 25.4 Å². The zero-order valence-corrected chi connectivity index (χ0v) is 8.73. The molecule has 0 amide bonds. The van der Waals surface area contributed by atoms with Gasteiger partial charge in [0.05, 0.1) is 6.10 Å². The Balaban J connectivity index is 0.000000980. The van der Waals surface area contributed by atoms with Gasteiger partial charge in [-0.05, 0) is 12.8 Å². The molecule has 0 aromatic carbocycles. The van der Waals surface area contributed by atoms with Gasteiger partial charge in [-0.1, -0.05) is 0 Å². The van der Waals surface area contributed by atoms with Crippen LogP contribution in [0.5, 0.6) is 0 Å². The van der Waals surface area contributed by atoms with Crippen molar-refractivity contribution in [3.05, 3.63) is 0 Å². The molecule has 5 heteroatoms. The van der Waals surface area contributed by atoms with Crippen molar-refractivity contribution in [1.29, 1.82) is 0 Å². The number of hydrogen-bond acceptors (Lipinski definition) is 2. The molecule has 0 bridgehead atoms. The minimum Gasteiger partial charge on any atom is -0.378 e. The molecule has 2 saturated heterocycles. The number of nitrogens with one attached hydrogen (secondary N) is 1. The van der Waals surface area contributed by atoms with Crippen molar-refractivity contribution in [1.82, 2.24) is 5.32 Å². The highest BCUT2D eigenvalue weighted by molar-refractivity contribution is 5.85. The molecule has 14 heavy (non-hydrogen) atoms. The monoisotopic (exact) mass is 227 g/mol. The molecule has 2 aliphatic rings. The molecule has 0 radical (unpaired) electrons. The first-order chi connectivity index (χ1) is 6.29. The molecule has 0 saturated carbocycles. The van der Waals surface area contributed by atoms with Gasteiger partial charge in [-0.3, -0.25) is 0 Å². The summed E-state index contributed by atoms with van der Waals surface area (Å²) in [5, 5.41) is 3.02. The van der Waals surface area contributed by atoms with E-state index in [9.17, 15) is 8.78 Å². The van der Waals surface area contributed by atoms with Crippen molar-refractivity contribution in [2.75, 3.05) is 19.7 Å². The van der Waals surface area contributed by atoms with Gasteiger partial charge in [-0.25, -0.2) is 8.78 Å². The van der Waals surface area contributed by atoms with E-state index in [0.29, 0.717) is 13.1 Å². The SMILES string of the molecule is Cl.FC(F)C1CNCC1C1CCCO1. The van der Waals surface area contributed by atoms with Crippen LogP contribution in [0.3, 0.4) is 0 Å². The maximum atomic E-state index is 12.5. The molecule has 0 aliphatic carbocycles. The summed E-state index contributed by atoms with van der Waals surface area (Å²) in [6.07, 6.45) is -0.148. The predicted molar refractivity (Wildman–Crippen MR) is 52.1 cm³/mol. The standard InChI is InChI=1S/C9H15F2NO.ClH/c10-9(11)7-5-12-4-6(7)8-2-1-3-13-8;/h6-9,12H,1-5H2;1H. The van der Waals surface area contributed by atoms with Gasteiger partial charge in [0.1, 0.15) is 0 Å². The number of alkyl halides is 2. The van der Waals surface area contributed by atoms with Gasteiger partial charge in [-0.2, -0.15) is 0 Å². The number of ether oxygens (including phenoxy) is 1. The van der Waals surface area contributed by atoms with E-state index in [1.807, 2.05) is 0 Å². The summed E-state index contributed by atoms with van der Waals surface area (Å²) in [4.78, 5) is 0. The summed E-state index contributed by atoms with van der Waals surface area (Å²) in [5.41, 5.74) is 0. The molecule has 0 aromatic heterocycles. The highest BCUT2D eigenvalue weighted by Gasteiger charge is 2.40. The summed E-state index contributed by atoms with van der Waals surface area (Å²) in [7, 11) is 0. The van der Waals surface area contributed by atoms with Crippen LogP contribution in [0.1, 0.15) is 12.8 Å². The first-order valence-electron chi connectivity index (χ1n) is 4.89. The maximum absolute atomic E-state index is 12.5. The van der Waals surface area contributed by atoms with Gasteiger partial charge in [0.2, 0.25) is 6.43 Å². The van der Waals surface area contributed by atoms with Crippen LogP contribution in [0.25, 0.3) is 0 Å². The van der Waals surface area contributed by atoms with Crippen LogP contribution < -0.4 is 5.32 Å². The molecule has 3 atom stereocenters. The molecular formula is C9H16ClF2NO. The minimum atomic E-state index is -2.20. The largest absolute Gasteiger partial charge is 0.378 e. The Morgan fingerprint density at radius 1 is 1.29 bits per heavy atom. The number of halogens is 3. The molecule has 2 heterocycles. The van der Waals surface area contributed by atoms with Gasteiger partial charge in [-0.15, -0.1) is 12.4 Å². The van der Waals surface area contributed by atoms with E-state index in [2.05, 4.69) is 5.32 Å². The zero-order valence-electron chi connectivity index (χ0n) is 7.92. The van der Waals surface area contributed by atoms with Crippen molar-refractivity contribution < 1.29 is 13.5 Å². The van der Waals surface area contributed by atoms with Crippen LogP contribution >= 0.6 is 12.4 Å². The Morgan fingerprint density at radius 2 is 2.07 bits per heavy atom. The highest BCUT2D eigenvalue weighted by Crippen LogP contribution is 2.32. The van der Waals surface area contributed by atoms with Crippen LogP contribution in [-0.4, -0.2) is 32.2 Å². The van der Waals surface area contributed by atoms with Crippen LogP contribution in [0.4, 0.5) is 8.78 Å². The number of rotatable bonds is 2. The Bertz CT molecular complexity index is 176. The van der Waals surface area contributed by atoms with Crippen LogP contribution in [0.2, 0.25) is 0 Å². The zero-order chi connectivity index (χ0) is 9.26. The van der Waals surface area contributed by atoms with E-state index < -0.39 is 12.3 Å². The lowest BCUT2D eigenvalue weighted by atomic mass is 9.89. The third-order valence-electron chi connectivity index (χ3n) is 3.08. The fourth-order valence-corrected chi connectivity index (χ4v) is 2.34. The lowest BCUT2D eigenvalue weighted by Crippen LogP contribution is -2.30. The first kappa shape index (κ1) is 12.1. The lowest BCUT2D eigenvalue weighted by Gasteiger charge is -2.23. The second-order valence-electron chi connectivity index (χ2n) is 3.87. The quantitative estimate of drug-likeness (QED) is 0.775. The molecule has 3 unspecified atom stereocenters. The smallest absolute Gasteiger partial charge is 0.243 e. The van der Waals surface area contributed by atoms with Gasteiger partial charge < -0.3 is 10.1 Å². The van der Waals surface area contributed by atoms with Crippen LogP contribution in [-0.2, 0) is 4.74 Å². The van der Waals surface area contributed by atoms with E-state index in [-0.39, 0.29) is 24.4 Å². The van der Waals surface area contributed by atoms with E-state index in [1.54, 1.807) is 0 Å². The van der Waals surface area contributed by atoms with Crippen molar-refractivity contribution in [3.63, 3.8) is 0 Å². The van der Waals surface area contributed by atoms with E-state index in [1.165, 1.54) is 0 Å². The third-order valence-corrected chi connectivity index (χ3v) is 3.08. The topological polar surface area (TPSA) is 21.3 Å². The van der Waals surface area contributed by atoms with E-state index in [4.69, 9.17) is 4.74 Å². The third kappa shape index (κ3) is 2.35. The summed E-state index contributed by atoms with van der Waals surface area (Å²) in [5.74, 6) is -0.467. The van der Waals surface area contributed by atoms with Crippen molar-refractivity contribution in [2.24, 2.45) is 11.8 Å². The molecule has 0 aromatic rings. The second-order valence-corrected chi connectivity index (χ2v) is 3.87. The van der Waals surface area contributed by atoms with Crippen molar-refractivity contribution in [3.8, 4) is 0 Å². The molecule has 0 spiro atoms. The van der Waals surface area contributed by atoms with Gasteiger partial charge >= 0.3 is 0 Å². The Kier molecular flexibility index (Phi) is 4.54. The predicted octanol–water partition coefficient (Wildman–Crippen LogP) is 1.69. The number of hydrogen-bond donors (Lipinski definition) is 1. The molecule has 84 valence electrons. The first-order valence-corrected chi connectivity index (χ1v) is 4.89. The van der Waals surface area contributed by atoms with E-state index in [0.717, 1.165) is 19.4 Å². The second kappa shape index (κ2) is 5.24. The fraction of sp³-hybridized carbons (Fsp3) is 1.00. The molecule has 2 fully saturated rings. The maximum Gasteiger partial charge on any atom is 0.243 e. The summed E-state index contributed by atoms with van der Waals surface area (Å²) >= 11 is 0. The average Bonchev–Trinajstić information content (AvgIpc) is 2.74. The molecule has 2 aliphatic heterocycles. The van der Waals surface area contributed by atoms with E-state index >= 15 is 0 Å². The van der Waals surface area contributed by atoms with Gasteiger partial charge in [0.15, 0.2) is 0 Å². The molecule has 2 rings (SSSR count). The van der Waals surface area contributed by atoms with Gasteiger partial charge in [0, 0.05) is 31.5 Å². The minimum absolute atomic E-state index is 0. The normalized spacial score (nSPS) is 37.5. The summed E-state index contributed by atoms with van der Waals surface area (Å²) in [6, 6.07) is 0. The van der Waals surface area contributed by atoms with Crippen LogP contribution in [0, 0.1) is 11.8 Å². The Morgan fingerprint density at radius 3 is 2.64 bits per heavy atom. The highest BCUT2D eigenvalue weighted by atomic mass is 35.5. The van der Waals surface area contributed by atoms with Gasteiger partial charge in [0.25, 0.3) is 0 Å². The Labute approximate surface area is 88.8 Å². The average molecular weight is 228 g/mol. The molecule has 2 nitrogen and oxygen atoms in total. The Hall–Kier alpha value is 0.0700. The fourth-order valence-electron chi connectivity index (χ4n) is 2.34. The summed E-state index contributed by atoms with van der Waals surface area (Å²) in [6.45, 7) is 1.89. The summed E-state index contributed by atoms with van der Waals surface area (Å²) < 4.78 is 30.5. The molecule has 1 N–H and O–H groups in total. The van der Waals surface area contributed by atoms with Crippen molar-refractivity contribution >= 4 is 12.4 Å².